The molecule has 2 aromatic carbocycles. The van der Waals surface area contributed by atoms with Gasteiger partial charge >= 0.3 is 0 Å². The molecule has 1 aliphatic rings. The highest BCUT2D eigenvalue weighted by Crippen LogP contribution is 2.31. The van der Waals surface area contributed by atoms with Crippen molar-refractivity contribution in [3.05, 3.63) is 58.6 Å². The van der Waals surface area contributed by atoms with Crippen LogP contribution in [0.2, 0.25) is 5.02 Å². The number of halogens is 1. The highest BCUT2D eigenvalue weighted by molar-refractivity contribution is 6.30. The molecule has 1 fully saturated rings. The van der Waals surface area contributed by atoms with Crippen molar-refractivity contribution in [2.45, 2.75) is 19.2 Å². The predicted octanol–water partition coefficient (Wildman–Crippen LogP) is 2.71. The van der Waals surface area contributed by atoms with Gasteiger partial charge in [0, 0.05) is 43.3 Å². The average Bonchev–Trinajstić information content (AvgIpc) is 2.73. The van der Waals surface area contributed by atoms with E-state index in [1.165, 1.54) is 0 Å². The minimum atomic E-state index is -0.578. The van der Waals surface area contributed by atoms with Gasteiger partial charge in [0.2, 0.25) is 0 Å². The molecule has 0 spiro atoms. The molecule has 158 valence electrons. The number of ether oxygens (including phenoxy) is 3. The van der Waals surface area contributed by atoms with Gasteiger partial charge in [0.15, 0.2) is 11.5 Å². The summed E-state index contributed by atoms with van der Waals surface area (Å²) >= 11 is 6.05. The Morgan fingerprint density at radius 3 is 2.72 bits per heavy atom. The smallest absolute Gasteiger partial charge is 0.165 e. The van der Waals surface area contributed by atoms with Gasteiger partial charge in [-0.1, -0.05) is 35.9 Å². The summed E-state index contributed by atoms with van der Waals surface area (Å²) in [5.74, 6) is 1.32. The molecule has 29 heavy (non-hydrogen) atoms. The van der Waals surface area contributed by atoms with Gasteiger partial charge in [-0.3, -0.25) is 4.90 Å². The Kier molecular flexibility index (Phi) is 8.58. The zero-order chi connectivity index (χ0) is 20.5. The van der Waals surface area contributed by atoms with Crippen LogP contribution in [0.15, 0.2) is 42.5 Å². The first-order valence-electron chi connectivity index (χ1n) is 9.87. The van der Waals surface area contributed by atoms with E-state index >= 15 is 0 Å². The third-order valence-electron chi connectivity index (χ3n) is 4.81. The number of morpholine rings is 1. The molecule has 0 amide bonds. The van der Waals surface area contributed by atoms with Crippen LogP contribution in [0.3, 0.4) is 0 Å². The maximum Gasteiger partial charge on any atom is 0.165 e. The van der Waals surface area contributed by atoms with Crippen LogP contribution >= 0.6 is 11.6 Å². The first kappa shape index (κ1) is 21.9. The molecule has 1 aliphatic heterocycles. The lowest BCUT2D eigenvalue weighted by Crippen LogP contribution is -2.42. The highest BCUT2D eigenvalue weighted by atomic mass is 35.5. The topological polar surface area (TPSA) is 63.2 Å². The Morgan fingerprint density at radius 1 is 1.17 bits per heavy atom. The molecule has 0 aliphatic carbocycles. The number of aliphatic hydroxyl groups is 1. The van der Waals surface area contributed by atoms with Crippen molar-refractivity contribution in [1.82, 2.24) is 10.2 Å². The van der Waals surface area contributed by atoms with E-state index in [1.807, 2.05) is 42.5 Å². The highest BCUT2D eigenvalue weighted by Gasteiger charge is 2.17. The molecule has 6 nitrogen and oxygen atoms in total. The molecule has 0 unspecified atom stereocenters. The molecule has 1 saturated heterocycles. The molecule has 1 heterocycles. The molecule has 2 N–H and O–H groups in total. The Morgan fingerprint density at radius 2 is 1.97 bits per heavy atom. The van der Waals surface area contributed by atoms with Crippen molar-refractivity contribution in [1.29, 1.82) is 0 Å². The van der Waals surface area contributed by atoms with Crippen molar-refractivity contribution in [3.63, 3.8) is 0 Å². The van der Waals surface area contributed by atoms with E-state index in [0.717, 1.165) is 29.2 Å². The van der Waals surface area contributed by atoms with E-state index < -0.39 is 6.10 Å². The summed E-state index contributed by atoms with van der Waals surface area (Å²) in [4.78, 5) is 2.19. The van der Waals surface area contributed by atoms with E-state index in [9.17, 15) is 5.11 Å². The van der Waals surface area contributed by atoms with E-state index in [1.54, 1.807) is 7.11 Å². The lowest BCUT2D eigenvalue weighted by Gasteiger charge is -2.28. The van der Waals surface area contributed by atoms with E-state index in [4.69, 9.17) is 25.8 Å². The normalized spacial score (nSPS) is 15.8. The lowest BCUT2D eigenvalue weighted by atomic mass is 10.1. The second-order valence-electron chi connectivity index (χ2n) is 7.06. The maximum atomic E-state index is 10.4. The van der Waals surface area contributed by atoms with Gasteiger partial charge in [0.05, 0.1) is 20.3 Å². The monoisotopic (exact) mass is 420 g/mol. The zero-order valence-electron chi connectivity index (χ0n) is 16.8. The first-order valence-corrected chi connectivity index (χ1v) is 10.3. The number of hydrogen-bond acceptors (Lipinski definition) is 6. The summed E-state index contributed by atoms with van der Waals surface area (Å²) in [5.41, 5.74) is 2.09. The van der Waals surface area contributed by atoms with E-state index in [0.29, 0.717) is 44.3 Å². The molecule has 0 aromatic heterocycles. The molecular formula is C22H29ClN2O4. The first-order chi connectivity index (χ1) is 14.2. The largest absolute Gasteiger partial charge is 0.493 e. The number of β-amino-alcohol motifs (C(OH)–C–C–N with tert-alkyl or cyclic N) is 1. The lowest BCUT2D eigenvalue weighted by molar-refractivity contribution is 0.00436. The van der Waals surface area contributed by atoms with Crippen molar-refractivity contribution >= 4 is 11.6 Å². The fraction of sp³-hybridized carbons (Fsp3) is 0.455. The van der Waals surface area contributed by atoms with Crippen LogP contribution in [0.4, 0.5) is 0 Å². The fourth-order valence-electron chi connectivity index (χ4n) is 3.33. The Balaban J connectivity index is 1.56. The summed E-state index contributed by atoms with van der Waals surface area (Å²) < 4.78 is 16.8. The van der Waals surface area contributed by atoms with Gasteiger partial charge in [-0.15, -0.1) is 0 Å². The number of benzene rings is 2. The van der Waals surface area contributed by atoms with Crippen LogP contribution in [0.5, 0.6) is 11.5 Å². The van der Waals surface area contributed by atoms with Crippen LogP contribution in [-0.4, -0.2) is 62.7 Å². The van der Waals surface area contributed by atoms with Crippen molar-refractivity contribution < 1.29 is 19.3 Å². The zero-order valence-corrected chi connectivity index (χ0v) is 17.5. The molecule has 2 aromatic rings. The Bertz CT molecular complexity index is 768. The minimum Gasteiger partial charge on any atom is -0.493 e. The molecule has 0 saturated carbocycles. The molecule has 0 bridgehead atoms. The summed E-state index contributed by atoms with van der Waals surface area (Å²) in [6.45, 7) is 5.18. The van der Waals surface area contributed by atoms with E-state index in [2.05, 4.69) is 10.2 Å². The van der Waals surface area contributed by atoms with Gasteiger partial charge in [0.25, 0.3) is 0 Å². The summed E-state index contributed by atoms with van der Waals surface area (Å²) in [6.07, 6.45) is -0.578. The number of nitrogens with one attached hydrogen (secondary N) is 1. The second kappa shape index (κ2) is 11.4. The predicted molar refractivity (Wildman–Crippen MR) is 114 cm³/mol. The number of para-hydroxylation sites is 1. The van der Waals surface area contributed by atoms with Gasteiger partial charge in [-0.2, -0.15) is 0 Å². The van der Waals surface area contributed by atoms with Crippen LogP contribution in [-0.2, 0) is 17.8 Å². The number of hydrogen-bond donors (Lipinski definition) is 2. The third kappa shape index (κ3) is 6.87. The average molecular weight is 421 g/mol. The maximum absolute atomic E-state index is 10.4. The van der Waals surface area contributed by atoms with Crippen LogP contribution < -0.4 is 14.8 Å². The SMILES string of the molecule is COc1cccc(CNCc2cccc(Cl)c2)c1OC[C@@H](O)CN1CCOCC1. The Labute approximate surface area is 177 Å². The van der Waals surface area contributed by atoms with E-state index in [-0.39, 0.29) is 6.61 Å². The van der Waals surface area contributed by atoms with Crippen LogP contribution in [0, 0.1) is 0 Å². The minimum absolute atomic E-state index is 0.207. The Hall–Kier alpha value is -1.83. The quantitative estimate of drug-likeness (QED) is 0.616. The number of aliphatic hydroxyl groups excluding tert-OH is 1. The molecule has 1 atom stereocenters. The van der Waals surface area contributed by atoms with Crippen molar-refractivity contribution in [2.24, 2.45) is 0 Å². The number of methoxy groups -OCH3 is 1. The van der Waals surface area contributed by atoms with Crippen molar-refractivity contribution in [2.75, 3.05) is 46.6 Å². The van der Waals surface area contributed by atoms with Gasteiger partial charge in [0.1, 0.15) is 12.7 Å². The fourth-order valence-corrected chi connectivity index (χ4v) is 3.54. The van der Waals surface area contributed by atoms with Crippen LogP contribution in [0.1, 0.15) is 11.1 Å². The van der Waals surface area contributed by atoms with Gasteiger partial charge in [-0.05, 0) is 23.8 Å². The summed E-state index contributed by atoms with van der Waals surface area (Å²) in [7, 11) is 1.62. The van der Waals surface area contributed by atoms with Crippen molar-refractivity contribution in [3.8, 4) is 11.5 Å². The van der Waals surface area contributed by atoms with Gasteiger partial charge < -0.3 is 24.6 Å². The summed E-state index contributed by atoms with van der Waals surface area (Å²) in [5, 5.41) is 14.5. The summed E-state index contributed by atoms with van der Waals surface area (Å²) in [6, 6.07) is 13.6. The molecule has 3 rings (SSSR count). The van der Waals surface area contributed by atoms with Gasteiger partial charge in [-0.25, -0.2) is 0 Å². The van der Waals surface area contributed by atoms with Crippen LogP contribution in [0.25, 0.3) is 0 Å². The standard InChI is InChI=1S/C22H29ClN2O4/c1-27-21-7-3-5-18(14-24-13-17-4-2-6-19(23)12-17)22(21)29-16-20(26)15-25-8-10-28-11-9-25/h2-7,12,20,24,26H,8-11,13-16H2,1H3/t20-/m0/s1. The number of rotatable bonds is 10. The molecule has 0 radical (unpaired) electrons. The molecular weight excluding hydrogens is 392 g/mol. The number of nitrogens with zero attached hydrogens (tertiary/aromatic N) is 1. The second-order valence-corrected chi connectivity index (χ2v) is 7.50. The molecule has 7 heteroatoms. The third-order valence-corrected chi connectivity index (χ3v) is 5.04.